The van der Waals surface area contributed by atoms with Gasteiger partial charge >= 0.3 is 5.97 Å². The molecule has 180 valence electrons. The Morgan fingerprint density at radius 1 is 0.943 bits per heavy atom. The molecule has 0 atom stereocenters. The molecule has 0 unspecified atom stereocenters. The average Bonchev–Trinajstić information content (AvgIpc) is 2.84. The lowest BCUT2D eigenvalue weighted by molar-refractivity contribution is -0.142. The predicted molar refractivity (Wildman–Crippen MR) is 129 cm³/mol. The number of ketones is 1. The number of carbonyl (C=O) groups excluding carboxylic acids is 1. The second-order valence-electron chi connectivity index (χ2n) is 9.12. The lowest BCUT2D eigenvalue weighted by atomic mass is 9.69. The lowest BCUT2D eigenvalue weighted by Crippen LogP contribution is -2.50. The van der Waals surface area contributed by atoms with Gasteiger partial charge in [0.05, 0.1) is 5.92 Å². The fraction of sp³-hybridized carbons (Fsp3) is 0.333. The quantitative estimate of drug-likeness (QED) is 0.512. The van der Waals surface area contributed by atoms with Gasteiger partial charge in [-0.25, -0.2) is 0 Å². The molecule has 0 radical (unpaired) electrons. The van der Waals surface area contributed by atoms with Gasteiger partial charge in [0, 0.05) is 50.4 Å². The molecule has 2 saturated heterocycles. The molecule has 3 aromatic rings. The van der Waals surface area contributed by atoms with Crippen LogP contribution in [-0.2, 0) is 14.9 Å². The minimum absolute atomic E-state index is 0.141. The number of hydrogen-bond acceptors (Lipinski definition) is 7. The van der Waals surface area contributed by atoms with Crippen LogP contribution in [-0.4, -0.2) is 53.4 Å². The Kier molecular flexibility index (Phi) is 6.21. The molecule has 2 aliphatic heterocycles. The van der Waals surface area contributed by atoms with E-state index < -0.39 is 5.97 Å². The van der Waals surface area contributed by atoms with Gasteiger partial charge in [-0.05, 0) is 54.3 Å². The van der Waals surface area contributed by atoms with Crippen LogP contribution in [0.2, 0.25) is 0 Å². The molecule has 35 heavy (non-hydrogen) atoms. The van der Waals surface area contributed by atoms with Gasteiger partial charge in [-0.1, -0.05) is 24.3 Å². The Hall–Kier alpha value is -3.78. The monoisotopic (exact) mass is 473 g/mol. The van der Waals surface area contributed by atoms with Crippen molar-refractivity contribution in [3.63, 3.8) is 0 Å². The third-order valence-corrected chi connectivity index (χ3v) is 6.99. The molecule has 0 saturated carbocycles. The van der Waals surface area contributed by atoms with Crippen LogP contribution in [0.15, 0.2) is 60.7 Å². The van der Waals surface area contributed by atoms with Crippen molar-refractivity contribution in [2.75, 3.05) is 31.2 Å². The number of aliphatic carboxylic acids is 1. The summed E-state index contributed by atoms with van der Waals surface area (Å²) < 4.78 is 11.5. The summed E-state index contributed by atoms with van der Waals surface area (Å²) in [7, 11) is 0. The Bertz CT molecular complexity index is 1200. The number of aromatic nitrogens is 2. The first kappa shape index (κ1) is 23.0. The smallest absolute Gasteiger partial charge is 0.310 e. The summed E-state index contributed by atoms with van der Waals surface area (Å²) in [4.78, 5) is 24.6. The molecule has 2 aromatic carbocycles. The molecular formula is C27H27N3O5. The molecule has 0 amide bonds. The molecule has 5 rings (SSSR count). The normalized spacial score (nSPS) is 17.5. The number of nitrogens with zero attached hydrogens (tertiary/aromatic N) is 3. The summed E-state index contributed by atoms with van der Waals surface area (Å²) in [6, 6.07) is 19.7. The van der Waals surface area contributed by atoms with E-state index in [-0.39, 0.29) is 17.1 Å². The van der Waals surface area contributed by atoms with Crippen molar-refractivity contribution in [2.45, 2.75) is 25.2 Å². The molecule has 0 spiro atoms. The Morgan fingerprint density at radius 3 is 2.11 bits per heavy atom. The molecule has 2 fully saturated rings. The van der Waals surface area contributed by atoms with E-state index in [4.69, 9.17) is 14.6 Å². The zero-order valence-electron chi connectivity index (χ0n) is 19.5. The minimum Gasteiger partial charge on any atom is -0.481 e. The van der Waals surface area contributed by atoms with Crippen molar-refractivity contribution >= 4 is 17.4 Å². The number of carbonyl (C=O) groups is 2. The van der Waals surface area contributed by atoms with Gasteiger partial charge in [0.15, 0.2) is 5.78 Å². The van der Waals surface area contributed by atoms with Crippen LogP contribution in [0.3, 0.4) is 0 Å². The van der Waals surface area contributed by atoms with Gasteiger partial charge in [-0.15, -0.1) is 10.2 Å². The van der Waals surface area contributed by atoms with Crippen LogP contribution < -0.4 is 9.64 Å². The van der Waals surface area contributed by atoms with E-state index in [0.717, 1.165) is 18.5 Å². The first-order valence-electron chi connectivity index (χ1n) is 11.7. The van der Waals surface area contributed by atoms with Crippen LogP contribution in [0.4, 0.5) is 5.69 Å². The molecule has 1 N–H and O–H groups in total. The summed E-state index contributed by atoms with van der Waals surface area (Å²) >= 11 is 0. The van der Waals surface area contributed by atoms with Crippen LogP contribution in [0.5, 0.6) is 11.6 Å². The van der Waals surface area contributed by atoms with Gasteiger partial charge < -0.3 is 19.5 Å². The first-order chi connectivity index (χ1) is 16.9. The highest BCUT2D eigenvalue weighted by Gasteiger charge is 2.37. The number of rotatable bonds is 7. The van der Waals surface area contributed by atoms with Crippen LogP contribution in [0, 0.1) is 5.92 Å². The van der Waals surface area contributed by atoms with Crippen molar-refractivity contribution in [1.82, 2.24) is 10.2 Å². The Balaban J connectivity index is 1.34. The van der Waals surface area contributed by atoms with Crippen LogP contribution in [0.25, 0.3) is 0 Å². The molecule has 8 heteroatoms. The highest BCUT2D eigenvalue weighted by molar-refractivity contribution is 5.91. The number of ether oxygens (including phenoxy) is 2. The fourth-order valence-corrected chi connectivity index (χ4v) is 4.83. The van der Waals surface area contributed by atoms with Crippen molar-refractivity contribution in [1.29, 1.82) is 0 Å². The van der Waals surface area contributed by atoms with E-state index in [1.807, 2.05) is 12.1 Å². The summed E-state index contributed by atoms with van der Waals surface area (Å²) in [6.45, 7) is 3.92. The second-order valence-corrected chi connectivity index (χ2v) is 9.12. The summed E-state index contributed by atoms with van der Waals surface area (Å²) in [5, 5.41) is 17.0. The SMILES string of the molecule is CC(=O)c1ccc(Oc2ccc(C3(c4ccc(N5CC(C(=O)O)C5)cc4)CCOCC3)cc2)nn1. The zero-order valence-corrected chi connectivity index (χ0v) is 19.5. The maximum absolute atomic E-state index is 11.4. The van der Waals surface area contributed by atoms with E-state index in [1.165, 1.54) is 18.1 Å². The van der Waals surface area contributed by atoms with Gasteiger partial charge in [0.2, 0.25) is 5.88 Å². The summed E-state index contributed by atoms with van der Waals surface area (Å²) in [6.07, 6.45) is 1.74. The fourth-order valence-electron chi connectivity index (χ4n) is 4.83. The summed E-state index contributed by atoms with van der Waals surface area (Å²) in [5.74, 6) is -0.184. The molecular weight excluding hydrogens is 446 g/mol. The molecule has 8 nitrogen and oxygen atoms in total. The standard InChI is InChI=1S/C27H27N3O5/c1-18(31)24-10-11-25(29-28-24)35-23-8-4-21(5-9-23)27(12-14-34-15-13-27)20-2-6-22(7-3-20)30-16-19(17-30)26(32)33/h2-11,19H,12-17H2,1H3,(H,32,33). The van der Waals surface area contributed by atoms with Crippen molar-refractivity contribution in [3.8, 4) is 11.6 Å². The summed E-state index contributed by atoms with van der Waals surface area (Å²) in [5.41, 5.74) is 3.59. The molecule has 3 heterocycles. The molecule has 0 aliphatic carbocycles. The minimum atomic E-state index is -0.730. The zero-order chi connectivity index (χ0) is 24.4. The molecule has 2 aliphatic rings. The number of Topliss-reactive ketones (excluding diaryl/α,β-unsaturated/α-hetero) is 1. The number of carboxylic acids is 1. The van der Waals surface area contributed by atoms with Crippen molar-refractivity contribution in [3.05, 3.63) is 77.5 Å². The van der Waals surface area contributed by atoms with Crippen LogP contribution in [0.1, 0.15) is 41.4 Å². The maximum Gasteiger partial charge on any atom is 0.310 e. The lowest BCUT2D eigenvalue weighted by Gasteiger charge is -2.40. The van der Waals surface area contributed by atoms with Gasteiger partial charge in [-0.2, -0.15) is 0 Å². The van der Waals surface area contributed by atoms with Crippen molar-refractivity contribution in [2.24, 2.45) is 5.92 Å². The second kappa shape index (κ2) is 9.46. The number of hydrogen-bond donors (Lipinski definition) is 1. The first-order valence-corrected chi connectivity index (χ1v) is 11.7. The van der Waals surface area contributed by atoms with E-state index in [1.54, 1.807) is 12.1 Å². The number of benzene rings is 2. The van der Waals surface area contributed by atoms with E-state index >= 15 is 0 Å². The Labute approximate surface area is 203 Å². The predicted octanol–water partition coefficient (Wildman–Crippen LogP) is 4.09. The topological polar surface area (TPSA) is 102 Å². The third kappa shape index (κ3) is 4.61. The Morgan fingerprint density at radius 2 is 1.57 bits per heavy atom. The van der Waals surface area contributed by atoms with E-state index in [2.05, 4.69) is 51.5 Å². The molecule has 0 bridgehead atoms. The molecule has 1 aromatic heterocycles. The van der Waals surface area contributed by atoms with Gasteiger partial charge in [0.1, 0.15) is 11.4 Å². The van der Waals surface area contributed by atoms with Gasteiger partial charge in [0.25, 0.3) is 0 Å². The van der Waals surface area contributed by atoms with Crippen molar-refractivity contribution < 1.29 is 24.2 Å². The third-order valence-electron chi connectivity index (χ3n) is 6.99. The highest BCUT2D eigenvalue weighted by Crippen LogP contribution is 2.42. The highest BCUT2D eigenvalue weighted by atomic mass is 16.5. The van der Waals surface area contributed by atoms with E-state index in [0.29, 0.717) is 43.6 Å². The average molecular weight is 474 g/mol. The van der Waals surface area contributed by atoms with Gasteiger partial charge in [-0.3, -0.25) is 9.59 Å². The number of carboxylic acid groups (broad SMARTS) is 1. The van der Waals surface area contributed by atoms with E-state index in [9.17, 15) is 9.59 Å². The largest absolute Gasteiger partial charge is 0.481 e. The number of anilines is 1. The maximum atomic E-state index is 11.4. The van der Waals surface area contributed by atoms with Crippen LogP contribution >= 0.6 is 0 Å².